The molecule has 78 valence electrons. The number of carboxylic acid groups (broad SMARTS) is 1. The number of carbonyl (C=O) groups is 1. The third kappa shape index (κ3) is 1.91. The van der Waals surface area contributed by atoms with E-state index in [1.165, 1.54) is 0 Å². The van der Waals surface area contributed by atoms with Gasteiger partial charge in [0.2, 0.25) is 0 Å². The van der Waals surface area contributed by atoms with Crippen molar-refractivity contribution in [3.05, 3.63) is 36.0 Å². The van der Waals surface area contributed by atoms with E-state index in [1.807, 2.05) is 35.8 Å². The Morgan fingerprint density at radius 3 is 2.93 bits per heavy atom. The van der Waals surface area contributed by atoms with Crippen LogP contribution in [0.3, 0.4) is 0 Å². The van der Waals surface area contributed by atoms with Crippen LogP contribution in [0.2, 0.25) is 0 Å². The summed E-state index contributed by atoms with van der Waals surface area (Å²) in [5, 5.41) is 10.8. The van der Waals surface area contributed by atoms with E-state index in [9.17, 15) is 4.79 Å². The molecule has 15 heavy (non-hydrogen) atoms. The lowest BCUT2D eigenvalue weighted by Gasteiger charge is -2.03. The number of rotatable bonds is 3. The number of hydrogen-bond acceptors (Lipinski definition) is 1. The fourth-order valence-corrected chi connectivity index (χ4v) is 1.75. The Kier molecular flexibility index (Phi) is 2.53. The molecule has 0 aliphatic carbocycles. The van der Waals surface area contributed by atoms with Crippen molar-refractivity contribution in [2.45, 2.75) is 12.5 Å². The van der Waals surface area contributed by atoms with Crippen molar-refractivity contribution in [2.75, 3.05) is 0 Å². The topological polar surface area (TPSA) is 81.5 Å². The van der Waals surface area contributed by atoms with Crippen LogP contribution in [-0.4, -0.2) is 17.1 Å². The Labute approximate surface area is 87.4 Å². The van der Waals surface area contributed by atoms with Crippen molar-refractivity contribution in [1.29, 1.82) is 0 Å². The Hall–Kier alpha value is -1.65. The number of hydrogen-bond donors (Lipinski definition) is 3. The van der Waals surface area contributed by atoms with Gasteiger partial charge in [-0.2, -0.15) is 0 Å². The van der Waals surface area contributed by atoms with Gasteiger partial charge in [-0.1, -0.05) is 12.1 Å². The van der Waals surface area contributed by atoms with Gasteiger partial charge in [0.05, 0.1) is 0 Å². The summed E-state index contributed by atoms with van der Waals surface area (Å²) in [6.07, 6.45) is 2.47. The molecule has 1 aromatic rings. The largest absolute Gasteiger partial charge is 0.477 e. The van der Waals surface area contributed by atoms with Gasteiger partial charge in [-0.3, -0.25) is 5.32 Å². The summed E-state index contributed by atoms with van der Waals surface area (Å²) in [7, 11) is 0. The van der Waals surface area contributed by atoms with Crippen LogP contribution in [0, 0.1) is 0 Å². The lowest BCUT2D eigenvalue weighted by molar-refractivity contribution is -0.492. The van der Waals surface area contributed by atoms with E-state index in [0.717, 1.165) is 16.8 Å². The third-order valence-corrected chi connectivity index (χ3v) is 2.59. The summed E-state index contributed by atoms with van der Waals surface area (Å²) in [5.74, 6) is -0.847. The van der Waals surface area contributed by atoms with E-state index in [0.29, 0.717) is 6.42 Å². The molecule has 0 amide bonds. The van der Waals surface area contributed by atoms with E-state index >= 15 is 0 Å². The van der Waals surface area contributed by atoms with Gasteiger partial charge in [-0.05, 0) is 6.07 Å². The predicted molar refractivity (Wildman–Crippen MR) is 54.9 cm³/mol. The Morgan fingerprint density at radius 1 is 1.47 bits per heavy atom. The zero-order chi connectivity index (χ0) is 10.8. The second-order valence-corrected chi connectivity index (χ2v) is 3.69. The molecule has 1 heterocycles. The second-order valence-electron chi connectivity index (χ2n) is 3.69. The number of quaternary nitrogens is 2. The minimum Gasteiger partial charge on any atom is -0.477 e. The zero-order valence-corrected chi connectivity index (χ0v) is 8.31. The average Bonchev–Trinajstić information content (AvgIpc) is 2.62. The van der Waals surface area contributed by atoms with Gasteiger partial charge in [0, 0.05) is 23.6 Å². The van der Waals surface area contributed by atoms with Crippen LogP contribution >= 0.6 is 0 Å². The van der Waals surface area contributed by atoms with Crippen LogP contribution in [0.5, 0.6) is 0 Å². The van der Waals surface area contributed by atoms with Crippen LogP contribution < -0.4 is 11.1 Å². The highest BCUT2D eigenvalue weighted by molar-refractivity contribution is 5.80. The molecular formula is C11H14N2O2+2. The van der Waals surface area contributed by atoms with Crippen LogP contribution in [0.4, 0.5) is 5.69 Å². The Balaban J connectivity index is 2.17. The van der Waals surface area contributed by atoms with Gasteiger partial charge < -0.3 is 10.8 Å². The number of nitrogens with two attached hydrogens (primary N) is 1. The Morgan fingerprint density at radius 2 is 2.20 bits per heavy atom. The first-order chi connectivity index (χ1) is 7.18. The minimum absolute atomic E-state index is 0.489. The molecule has 1 atom stereocenters. The minimum atomic E-state index is -0.847. The standard InChI is InChI=1S/C11H12N2O2/c12-9(11(14)15)5-7-6-13-10-4-2-1-3-8(7)10/h1-4,6,9,13H,5,12H2,(H,14,15)/p+2. The quantitative estimate of drug-likeness (QED) is 0.573. The lowest BCUT2D eigenvalue weighted by Crippen LogP contribution is -2.69. The molecular weight excluding hydrogens is 192 g/mol. The van der Waals surface area contributed by atoms with Gasteiger partial charge in [0.1, 0.15) is 11.9 Å². The lowest BCUT2D eigenvalue weighted by atomic mass is 10.0. The molecule has 0 bridgehead atoms. The molecule has 0 saturated heterocycles. The van der Waals surface area contributed by atoms with Crippen molar-refractivity contribution >= 4 is 17.2 Å². The summed E-state index contributed by atoms with van der Waals surface area (Å²) in [4.78, 5) is 10.7. The van der Waals surface area contributed by atoms with Crippen molar-refractivity contribution in [3.8, 4) is 0 Å². The van der Waals surface area contributed by atoms with Crippen molar-refractivity contribution in [1.82, 2.24) is 0 Å². The normalized spacial score (nSPS) is 15.7. The van der Waals surface area contributed by atoms with Crippen LogP contribution in [0.15, 0.2) is 30.5 Å². The first-order valence-corrected chi connectivity index (χ1v) is 4.87. The van der Waals surface area contributed by atoms with Crippen molar-refractivity contribution < 1.29 is 21.0 Å². The van der Waals surface area contributed by atoms with E-state index < -0.39 is 12.0 Å². The average molecular weight is 206 g/mol. The molecule has 0 spiro atoms. The zero-order valence-electron chi connectivity index (χ0n) is 8.31. The van der Waals surface area contributed by atoms with Gasteiger partial charge >= 0.3 is 5.97 Å². The summed E-state index contributed by atoms with van der Waals surface area (Å²) in [6.45, 7) is 0. The van der Waals surface area contributed by atoms with Crippen LogP contribution in [0.1, 0.15) is 12.0 Å². The first-order valence-electron chi connectivity index (χ1n) is 4.87. The first kappa shape index (κ1) is 9.89. The molecule has 6 N–H and O–H groups in total. The molecule has 1 aliphatic rings. The van der Waals surface area contributed by atoms with Crippen molar-refractivity contribution in [3.63, 3.8) is 0 Å². The molecule has 1 aliphatic heterocycles. The molecule has 4 heteroatoms. The molecule has 0 radical (unpaired) electrons. The van der Waals surface area contributed by atoms with Gasteiger partial charge in [0.25, 0.3) is 0 Å². The van der Waals surface area contributed by atoms with Gasteiger partial charge in [-0.25, -0.2) is 4.79 Å². The van der Waals surface area contributed by atoms with Crippen LogP contribution in [0.25, 0.3) is 5.57 Å². The number of carboxylic acids is 1. The summed E-state index contributed by atoms with van der Waals surface area (Å²) >= 11 is 0. The van der Waals surface area contributed by atoms with Crippen molar-refractivity contribution in [2.24, 2.45) is 0 Å². The SMILES string of the molecule is [NH3+]C(CC1=C[NH2+]c2ccccc21)C(=O)O. The highest BCUT2D eigenvalue weighted by Crippen LogP contribution is 2.26. The highest BCUT2D eigenvalue weighted by atomic mass is 16.4. The maximum atomic E-state index is 10.7. The van der Waals surface area contributed by atoms with E-state index in [-0.39, 0.29) is 0 Å². The summed E-state index contributed by atoms with van der Waals surface area (Å²) in [5.41, 5.74) is 6.97. The molecule has 0 saturated carbocycles. The fourth-order valence-electron chi connectivity index (χ4n) is 1.75. The van der Waals surface area contributed by atoms with Gasteiger partial charge in [-0.15, -0.1) is 0 Å². The van der Waals surface area contributed by atoms with Gasteiger partial charge in [0.15, 0.2) is 6.04 Å². The second kappa shape index (κ2) is 3.84. The van der Waals surface area contributed by atoms with Crippen LogP contribution in [-0.2, 0) is 4.79 Å². The number of aliphatic carboxylic acids is 1. The van der Waals surface area contributed by atoms with E-state index in [4.69, 9.17) is 5.11 Å². The van der Waals surface area contributed by atoms with E-state index in [2.05, 4.69) is 5.73 Å². The highest BCUT2D eigenvalue weighted by Gasteiger charge is 2.24. The fraction of sp³-hybridized carbons (Fsp3) is 0.182. The molecule has 1 aromatic carbocycles. The number of fused-ring (bicyclic) bond motifs is 1. The molecule has 2 rings (SSSR count). The monoisotopic (exact) mass is 206 g/mol. The molecule has 1 unspecified atom stereocenters. The molecule has 0 aromatic heterocycles. The predicted octanol–water partition coefficient (Wildman–Crippen LogP) is -0.679. The smallest absolute Gasteiger partial charge is 0.362 e. The van der Waals surface area contributed by atoms with E-state index in [1.54, 1.807) is 0 Å². The Bertz CT molecular complexity index is 426. The summed E-state index contributed by atoms with van der Waals surface area (Å²) < 4.78 is 0. The number of benzene rings is 1. The maximum Gasteiger partial charge on any atom is 0.362 e. The summed E-state index contributed by atoms with van der Waals surface area (Å²) in [6, 6.07) is 7.41. The third-order valence-electron chi connectivity index (χ3n) is 2.59. The number of para-hydroxylation sites is 1. The molecule has 0 fully saturated rings. The maximum absolute atomic E-state index is 10.7. The molecule has 4 nitrogen and oxygen atoms in total.